The highest BCUT2D eigenvalue weighted by molar-refractivity contribution is 7.92. The lowest BCUT2D eigenvalue weighted by atomic mass is 9.97. The van der Waals surface area contributed by atoms with Crippen LogP contribution in [-0.2, 0) is 40.8 Å². The number of fused-ring (bicyclic) bond motifs is 4. The molecule has 0 aliphatic heterocycles. The molecule has 19 heteroatoms. The van der Waals surface area contributed by atoms with Gasteiger partial charge in [0.25, 0.3) is 12.3 Å². The molecule has 2 aromatic carbocycles. The maximum absolute atomic E-state index is 15.2. The number of benzene rings is 2. The number of nitrogen functional groups attached to an aromatic ring is 1. The van der Waals surface area contributed by atoms with Gasteiger partial charge in [0.15, 0.2) is 5.82 Å². The Morgan fingerprint density at radius 1 is 1.12 bits per heavy atom. The number of para-hydroxylation sites is 1. The predicted molar refractivity (Wildman–Crippen MR) is 167 cm³/mol. The molecule has 4 N–H and O–H groups in total. The summed E-state index contributed by atoms with van der Waals surface area (Å²) in [5.41, 5.74) is 5.11. The lowest BCUT2D eigenvalue weighted by Gasteiger charge is -2.22. The first-order valence-corrected chi connectivity index (χ1v) is 17.0. The Balaban J connectivity index is 1.31. The molecule has 5 aromatic rings. The Morgan fingerprint density at radius 3 is 2.52 bits per heavy atom. The molecule has 1 saturated carbocycles. The third-order valence-corrected chi connectivity index (χ3v) is 9.27. The number of amides is 1. The quantitative estimate of drug-likeness (QED) is 0.175. The number of carbonyl (C=O) groups is 1. The third-order valence-electron chi connectivity index (χ3n) is 8.71. The molecular formula is C31H27F6N9O3S. The average Bonchev–Trinajstić information content (AvgIpc) is 3.56. The normalized spacial score (nSPS) is 18.3. The summed E-state index contributed by atoms with van der Waals surface area (Å²) in [6, 6.07) is 6.24. The van der Waals surface area contributed by atoms with Crippen LogP contribution in [0.2, 0.25) is 0 Å². The van der Waals surface area contributed by atoms with E-state index in [2.05, 4.69) is 30.2 Å². The van der Waals surface area contributed by atoms with Crippen LogP contribution in [0.1, 0.15) is 53.0 Å². The summed E-state index contributed by atoms with van der Waals surface area (Å²) in [6.07, 6.45) is -1.27. The molecule has 0 radical (unpaired) electrons. The zero-order valence-corrected chi connectivity index (χ0v) is 27.0. The smallest absolute Gasteiger partial charge is 0.293 e. The fraction of sp³-hybridized carbons (Fsp3) is 0.323. The van der Waals surface area contributed by atoms with E-state index in [0.717, 1.165) is 18.4 Å². The molecule has 2 aliphatic rings. The Kier molecular flexibility index (Phi) is 7.80. The minimum absolute atomic E-state index is 0.00899. The summed E-state index contributed by atoms with van der Waals surface area (Å²) in [7, 11) is -2.19. The van der Waals surface area contributed by atoms with Gasteiger partial charge in [-0.05, 0) is 42.5 Å². The second-order valence-corrected chi connectivity index (χ2v) is 14.1. The Hall–Kier alpha value is -5.20. The number of anilines is 2. The maximum Gasteiger partial charge on any atom is 0.293 e. The lowest BCUT2D eigenvalue weighted by Crippen LogP contribution is -2.35. The van der Waals surface area contributed by atoms with Crippen LogP contribution in [0, 0.1) is 17.6 Å². The number of nitrogens with zero attached hydrogens (tertiary/aromatic N) is 6. The number of nitrogens with two attached hydrogens (primary N) is 1. The maximum atomic E-state index is 15.2. The van der Waals surface area contributed by atoms with Gasteiger partial charge in [0, 0.05) is 35.5 Å². The van der Waals surface area contributed by atoms with Gasteiger partial charge >= 0.3 is 0 Å². The van der Waals surface area contributed by atoms with E-state index in [1.54, 1.807) is 25.2 Å². The Bertz CT molecular complexity index is 2290. The van der Waals surface area contributed by atoms with E-state index in [4.69, 9.17) is 5.73 Å². The molecule has 0 bridgehead atoms. The highest BCUT2D eigenvalue weighted by Gasteiger charge is 2.67. The van der Waals surface area contributed by atoms with Crippen LogP contribution in [0.3, 0.4) is 0 Å². The number of halogens is 6. The van der Waals surface area contributed by atoms with Crippen LogP contribution in [0.15, 0.2) is 42.6 Å². The van der Waals surface area contributed by atoms with Crippen molar-refractivity contribution < 1.29 is 39.6 Å². The van der Waals surface area contributed by atoms with E-state index in [1.807, 2.05) is 0 Å². The number of carbonyl (C=O) groups excluding carboxylic acids is 1. The van der Waals surface area contributed by atoms with Crippen molar-refractivity contribution in [2.45, 2.75) is 43.7 Å². The predicted octanol–water partition coefficient (Wildman–Crippen LogP) is 4.71. The number of hydrogen-bond acceptors (Lipinski definition) is 8. The van der Waals surface area contributed by atoms with Crippen molar-refractivity contribution in [3.8, 4) is 11.3 Å². The van der Waals surface area contributed by atoms with Crippen LogP contribution in [0.5, 0.6) is 0 Å². The molecule has 12 nitrogen and oxygen atoms in total. The van der Waals surface area contributed by atoms with Crippen LogP contribution in [0.4, 0.5) is 38.0 Å². The van der Waals surface area contributed by atoms with Crippen LogP contribution in [-0.4, -0.2) is 50.1 Å². The molecule has 1 fully saturated rings. The number of alkyl halides is 4. The first-order valence-electron chi connectivity index (χ1n) is 15.1. The fourth-order valence-electron chi connectivity index (χ4n) is 6.78. The van der Waals surface area contributed by atoms with E-state index in [0.29, 0.717) is 27.2 Å². The van der Waals surface area contributed by atoms with Crippen molar-refractivity contribution in [1.82, 2.24) is 34.8 Å². The number of aryl methyl sites for hydroxylation is 1. The van der Waals surface area contributed by atoms with Crippen molar-refractivity contribution in [2.75, 3.05) is 16.7 Å². The highest BCUT2D eigenvalue weighted by atomic mass is 32.2. The number of aromatic nitrogens is 6. The molecule has 1 amide bonds. The largest absolute Gasteiger partial charge is 0.382 e. The molecular weight excluding hydrogens is 692 g/mol. The van der Waals surface area contributed by atoms with Crippen LogP contribution >= 0.6 is 0 Å². The molecule has 7 rings (SSSR count). The van der Waals surface area contributed by atoms with Gasteiger partial charge < -0.3 is 11.1 Å². The first-order chi connectivity index (χ1) is 23.5. The van der Waals surface area contributed by atoms with Gasteiger partial charge in [0.1, 0.15) is 35.4 Å². The third kappa shape index (κ3) is 5.88. The standard InChI is InChI=1S/C31H27F6N9O3S/c1-45-27-16(4-3-5-17(27)30(43-45)44-50(2,48)49)24-25(39-11-21(38)41-24)20(8-13-6-14(32)9-15(33)7-13)40-22(47)12-46-28-23(26(42-46)29(34)35)18-10-19(18)31(28,36)37/h3-7,9,11,18-20,29H,8,10,12H2,1-2H3,(H2,38,41)(H,40,47)(H,43,44)/t18?,19-,20?/m1/s1. The van der Waals surface area contributed by atoms with Gasteiger partial charge in [0.05, 0.1) is 35.4 Å². The average molecular weight is 720 g/mol. The summed E-state index contributed by atoms with van der Waals surface area (Å²) in [4.78, 5) is 22.5. The monoisotopic (exact) mass is 719 g/mol. The molecule has 2 unspecified atom stereocenters. The van der Waals surface area contributed by atoms with E-state index in [1.165, 1.54) is 10.9 Å². The Labute approximate surface area is 279 Å². The molecule has 262 valence electrons. The van der Waals surface area contributed by atoms with Gasteiger partial charge in [-0.3, -0.25) is 23.9 Å². The molecule has 0 spiro atoms. The van der Waals surface area contributed by atoms with Crippen molar-refractivity contribution in [1.29, 1.82) is 0 Å². The molecule has 0 saturated heterocycles. The number of hydrogen-bond donors (Lipinski definition) is 3. The van der Waals surface area contributed by atoms with Crippen LogP contribution in [0.25, 0.3) is 22.2 Å². The summed E-state index contributed by atoms with van der Waals surface area (Å²) >= 11 is 0. The highest BCUT2D eigenvalue weighted by Crippen LogP contribution is 2.68. The number of nitrogens with one attached hydrogen (secondary N) is 2. The first kappa shape index (κ1) is 33.3. The van der Waals surface area contributed by atoms with Gasteiger partial charge in [-0.15, -0.1) is 0 Å². The summed E-state index contributed by atoms with van der Waals surface area (Å²) in [5.74, 6) is -8.21. The summed E-state index contributed by atoms with van der Waals surface area (Å²) in [5, 5.41) is 11.0. The Morgan fingerprint density at radius 2 is 1.84 bits per heavy atom. The molecule has 2 aliphatic carbocycles. The summed E-state index contributed by atoms with van der Waals surface area (Å²) in [6.45, 7) is -0.881. The lowest BCUT2D eigenvalue weighted by molar-refractivity contribution is -0.123. The fourth-order valence-corrected chi connectivity index (χ4v) is 7.28. The van der Waals surface area contributed by atoms with Gasteiger partial charge in [-0.25, -0.2) is 31.0 Å². The molecule has 50 heavy (non-hydrogen) atoms. The molecule has 3 aromatic heterocycles. The number of rotatable bonds is 10. The topological polar surface area (TPSA) is 163 Å². The van der Waals surface area contributed by atoms with Crippen molar-refractivity contribution >= 4 is 38.5 Å². The van der Waals surface area contributed by atoms with Crippen LogP contribution < -0.4 is 15.8 Å². The van der Waals surface area contributed by atoms with E-state index in [9.17, 15) is 30.8 Å². The molecule has 3 heterocycles. The SMILES string of the molecule is Cn1nc(NS(C)(=O)=O)c2cccc(-c3nc(N)cnc3C(Cc3cc(F)cc(F)c3)NC(=O)Cn3nc(C(F)F)c4c3C(F)(F)[C@@H]3CC43)c21. The van der Waals surface area contributed by atoms with Crippen molar-refractivity contribution in [3.05, 3.63) is 82.4 Å². The zero-order valence-electron chi connectivity index (χ0n) is 26.1. The van der Waals surface area contributed by atoms with Crippen molar-refractivity contribution in [2.24, 2.45) is 13.0 Å². The summed E-state index contributed by atoms with van der Waals surface area (Å²) < 4.78 is 115. The second-order valence-electron chi connectivity index (χ2n) is 12.4. The van der Waals surface area contributed by atoms with E-state index in [-0.39, 0.29) is 47.0 Å². The minimum atomic E-state index is -3.74. The van der Waals surface area contributed by atoms with Gasteiger partial charge in [-0.2, -0.15) is 19.0 Å². The number of sulfonamides is 1. The second kappa shape index (κ2) is 11.7. The zero-order chi connectivity index (χ0) is 35.9. The van der Waals surface area contributed by atoms with Crippen molar-refractivity contribution in [3.63, 3.8) is 0 Å². The minimum Gasteiger partial charge on any atom is -0.382 e. The van der Waals surface area contributed by atoms with Gasteiger partial charge in [0.2, 0.25) is 15.9 Å². The van der Waals surface area contributed by atoms with Gasteiger partial charge in [-0.1, -0.05) is 12.1 Å². The van der Waals surface area contributed by atoms with E-state index >= 15 is 8.78 Å². The molecule has 3 atom stereocenters. The van der Waals surface area contributed by atoms with E-state index < -0.39 is 75.7 Å².